The number of halogens is 1. The Morgan fingerprint density at radius 2 is 2.04 bits per heavy atom. The zero-order valence-electron chi connectivity index (χ0n) is 15.8. The maximum Gasteiger partial charge on any atom is 0.316 e. The molecule has 7 nitrogen and oxygen atoms in total. The van der Waals surface area contributed by atoms with E-state index in [0.29, 0.717) is 30.2 Å². The number of hydrogen-bond donors (Lipinski definition) is 0. The molecule has 2 atom stereocenters. The van der Waals surface area contributed by atoms with Gasteiger partial charge in [-0.05, 0) is 6.92 Å². The number of nitrogens with zero attached hydrogens (tertiary/aromatic N) is 3. The van der Waals surface area contributed by atoms with E-state index in [2.05, 4.69) is 9.97 Å². The highest BCUT2D eigenvalue weighted by Gasteiger charge is 2.57. The molecular formula is C20H22ClN3O4. The number of ether oxygens (including phenoxy) is 2. The zero-order chi connectivity index (χ0) is 19.0. The monoisotopic (exact) mass is 403 g/mol. The van der Waals surface area contributed by atoms with E-state index in [-0.39, 0.29) is 43.4 Å². The Morgan fingerprint density at radius 1 is 1.29 bits per heavy atom. The van der Waals surface area contributed by atoms with E-state index in [9.17, 15) is 9.59 Å². The molecule has 0 radical (unpaired) electrons. The summed E-state index contributed by atoms with van der Waals surface area (Å²) in [5.74, 6) is 0.0545. The number of benzene rings is 1. The van der Waals surface area contributed by atoms with E-state index in [1.54, 1.807) is 18.0 Å². The van der Waals surface area contributed by atoms with Crippen LogP contribution in [0.1, 0.15) is 16.2 Å². The van der Waals surface area contributed by atoms with Crippen molar-refractivity contribution >= 4 is 24.3 Å². The van der Waals surface area contributed by atoms with Crippen LogP contribution < -0.4 is 0 Å². The lowest BCUT2D eigenvalue weighted by atomic mass is 9.81. The largest absolute Gasteiger partial charge is 0.468 e. The second kappa shape index (κ2) is 7.85. The van der Waals surface area contributed by atoms with Crippen molar-refractivity contribution in [3.05, 3.63) is 47.9 Å². The summed E-state index contributed by atoms with van der Waals surface area (Å²) in [6.45, 7) is 3.27. The van der Waals surface area contributed by atoms with Gasteiger partial charge in [0.1, 0.15) is 11.2 Å². The van der Waals surface area contributed by atoms with Crippen LogP contribution in [0.4, 0.5) is 0 Å². The molecule has 2 saturated heterocycles. The van der Waals surface area contributed by atoms with Crippen molar-refractivity contribution < 1.29 is 19.1 Å². The van der Waals surface area contributed by atoms with Crippen molar-refractivity contribution in [3.8, 4) is 11.3 Å². The van der Waals surface area contributed by atoms with Crippen molar-refractivity contribution in [3.63, 3.8) is 0 Å². The van der Waals surface area contributed by atoms with Gasteiger partial charge in [-0.3, -0.25) is 9.59 Å². The molecule has 1 amide bonds. The molecular weight excluding hydrogens is 382 g/mol. The molecule has 0 aliphatic carbocycles. The van der Waals surface area contributed by atoms with Crippen molar-refractivity contribution in [1.82, 2.24) is 14.9 Å². The lowest BCUT2D eigenvalue weighted by Crippen LogP contribution is -2.41. The van der Waals surface area contributed by atoms with Crippen LogP contribution in [-0.2, 0) is 14.3 Å². The summed E-state index contributed by atoms with van der Waals surface area (Å²) >= 11 is 0. The normalized spacial score (nSPS) is 23.1. The fourth-order valence-corrected chi connectivity index (χ4v) is 4.00. The molecule has 0 spiro atoms. The van der Waals surface area contributed by atoms with Gasteiger partial charge >= 0.3 is 5.97 Å². The lowest BCUT2D eigenvalue weighted by molar-refractivity contribution is -0.153. The second-order valence-corrected chi connectivity index (χ2v) is 7.09. The molecule has 1 aromatic carbocycles. The maximum absolute atomic E-state index is 13.3. The number of carbonyl (C=O) groups is 2. The Kier molecular flexibility index (Phi) is 5.67. The van der Waals surface area contributed by atoms with Crippen LogP contribution in [0.5, 0.6) is 0 Å². The van der Waals surface area contributed by atoms with Gasteiger partial charge in [-0.25, -0.2) is 9.97 Å². The van der Waals surface area contributed by atoms with E-state index < -0.39 is 5.41 Å². The average Bonchev–Trinajstić information content (AvgIpc) is 3.26. The molecule has 0 N–H and O–H groups in total. The summed E-state index contributed by atoms with van der Waals surface area (Å²) in [5, 5.41) is 0. The quantitative estimate of drug-likeness (QED) is 0.730. The van der Waals surface area contributed by atoms with Gasteiger partial charge < -0.3 is 14.4 Å². The molecule has 0 bridgehead atoms. The minimum Gasteiger partial charge on any atom is -0.468 e. The van der Waals surface area contributed by atoms with Crippen LogP contribution in [0.3, 0.4) is 0 Å². The Bertz CT molecular complexity index is 892. The summed E-state index contributed by atoms with van der Waals surface area (Å²) in [6, 6.07) is 9.57. The number of amides is 1. The standard InChI is InChI=1S/C20H21N3O4.ClH/c1-13-21-8-16(17(22-13)14-6-4-3-5-7-14)18(24)23-9-15-10-27-12-20(15,11-23)19(25)26-2;/h3-8,15H,9-12H2,1-2H3;1H/t15-,20-;/m0./s1. The fourth-order valence-electron chi connectivity index (χ4n) is 4.00. The van der Waals surface area contributed by atoms with Crippen LogP contribution in [0.25, 0.3) is 11.3 Å². The minimum absolute atomic E-state index is 0. The molecule has 28 heavy (non-hydrogen) atoms. The van der Waals surface area contributed by atoms with Gasteiger partial charge in [-0.1, -0.05) is 30.3 Å². The first-order valence-electron chi connectivity index (χ1n) is 8.89. The van der Waals surface area contributed by atoms with Crippen LogP contribution in [-0.4, -0.2) is 60.2 Å². The van der Waals surface area contributed by atoms with Crippen molar-refractivity contribution in [2.75, 3.05) is 33.4 Å². The van der Waals surface area contributed by atoms with E-state index in [1.807, 2.05) is 30.3 Å². The summed E-state index contributed by atoms with van der Waals surface area (Å²) in [6.07, 6.45) is 1.57. The Labute approximate surface area is 169 Å². The SMILES string of the molecule is COC(=O)[C@@]12COC[C@@H]1CN(C(=O)c1cnc(C)nc1-c1ccccc1)C2.Cl. The summed E-state index contributed by atoms with van der Waals surface area (Å²) in [7, 11) is 1.37. The Morgan fingerprint density at radius 3 is 2.75 bits per heavy atom. The predicted molar refractivity (Wildman–Crippen MR) is 104 cm³/mol. The van der Waals surface area contributed by atoms with Gasteiger partial charge in [0.2, 0.25) is 0 Å². The highest BCUT2D eigenvalue weighted by Crippen LogP contribution is 2.43. The number of methoxy groups -OCH3 is 1. The summed E-state index contributed by atoms with van der Waals surface area (Å²) in [4.78, 5) is 36.1. The van der Waals surface area contributed by atoms with Crippen molar-refractivity contribution in [1.29, 1.82) is 0 Å². The number of aryl methyl sites for hydroxylation is 1. The van der Waals surface area contributed by atoms with Crippen LogP contribution in [0, 0.1) is 18.3 Å². The van der Waals surface area contributed by atoms with Crippen LogP contribution in [0.15, 0.2) is 36.5 Å². The van der Waals surface area contributed by atoms with Gasteiger partial charge in [0.15, 0.2) is 0 Å². The van der Waals surface area contributed by atoms with Crippen molar-refractivity contribution in [2.45, 2.75) is 6.92 Å². The van der Waals surface area contributed by atoms with E-state index in [0.717, 1.165) is 5.56 Å². The van der Waals surface area contributed by atoms with E-state index >= 15 is 0 Å². The van der Waals surface area contributed by atoms with Gasteiger partial charge in [0, 0.05) is 30.8 Å². The number of aromatic nitrogens is 2. The molecule has 8 heteroatoms. The molecule has 2 aliphatic heterocycles. The highest BCUT2D eigenvalue weighted by molar-refractivity contribution is 6.00. The molecule has 2 aliphatic rings. The third-order valence-corrected chi connectivity index (χ3v) is 5.44. The molecule has 4 rings (SSSR count). The number of carbonyl (C=O) groups excluding carboxylic acids is 2. The third-order valence-electron chi connectivity index (χ3n) is 5.44. The summed E-state index contributed by atoms with van der Waals surface area (Å²) < 4.78 is 10.5. The molecule has 2 aromatic rings. The number of hydrogen-bond acceptors (Lipinski definition) is 6. The highest BCUT2D eigenvalue weighted by atomic mass is 35.5. The van der Waals surface area contributed by atoms with Gasteiger partial charge in [0.25, 0.3) is 5.91 Å². The molecule has 148 valence electrons. The maximum atomic E-state index is 13.3. The lowest BCUT2D eigenvalue weighted by Gasteiger charge is -2.24. The molecule has 1 aromatic heterocycles. The predicted octanol–water partition coefficient (Wildman–Crippen LogP) is 2.14. The topological polar surface area (TPSA) is 81.6 Å². The number of fused-ring (bicyclic) bond motifs is 1. The third kappa shape index (κ3) is 3.25. The molecule has 2 fully saturated rings. The second-order valence-electron chi connectivity index (χ2n) is 7.09. The molecule has 0 saturated carbocycles. The van der Waals surface area contributed by atoms with Gasteiger partial charge in [-0.15, -0.1) is 12.4 Å². The first-order valence-corrected chi connectivity index (χ1v) is 8.89. The Hall–Kier alpha value is -2.51. The smallest absolute Gasteiger partial charge is 0.316 e. The fraction of sp³-hybridized carbons (Fsp3) is 0.400. The van der Waals surface area contributed by atoms with Gasteiger partial charge in [-0.2, -0.15) is 0 Å². The first-order chi connectivity index (χ1) is 13.0. The minimum atomic E-state index is -0.775. The first kappa shape index (κ1) is 20.2. The number of likely N-dealkylation sites (tertiary alicyclic amines) is 1. The zero-order valence-corrected chi connectivity index (χ0v) is 16.6. The summed E-state index contributed by atoms with van der Waals surface area (Å²) in [5.41, 5.74) is 1.13. The van der Waals surface area contributed by atoms with Crippen LogP contribution in [0.2, 0.25) is 0 Å². The molecule has 0 unspecified atom stereocenters. The van der Waals surface area contributed by atoms with Gasteiger partial charge in [0.05, 0.1) is 31.6 Å². The number of rotatable bonds is 3. The van der Waals surface area contributed by atoms with E-state index in [4.69, 9.17) is 9.47 Å². The molecule has 3 heterocycles. The van der Waals surface area contributed by atoms with E-state index in [1.165, 1.54) is 7.11 Å². The Balaban J connectivity index is 0.00000225. The average molecular weight is 404 g/mol. The van der Waals surface area contributed by atoms with Crippen molar-refractivity contribution in [2.24, 2.45) is 11.3 Å². The number of esters is 1. The van der Waals surface area contributed by atoms with Crippen LogP contribution >= 0.6 is 12.4 Å².